The Morgan fingerprint density at radius 2 is 1.96 bits per heavy atom. The number of nitrogens with two attached hydrogens (primary N) is 1. The van der Waals surface area contributed by atoms with E-state index in [1.54, 1.807) is 0 Å². The Hall–Kier alpha value is -1.39. The van der Waals surface area contributed by atoms with Crippen LogP contribution in [0.15, 0.2) is 24.3 Å². The van der Waals surface area contributed by atoms with E-state index in [9.17, 15) is 9.90 Å². The largest absolute Gasteiger partial charge is 0.387 e. The summed E-state index contributed by atoms with van der Waals surface area (Å²) in [6.07, 6.45) is 2.95. The summed E-state index contributed by atoms with van der Waals surface area (Å²) in [5.41, 5.74) is 8.15. The van der Waals surface area contributed by atoms with Crippen molar-refractivity contribution >= 4 is 5.91 Å². The summed E-state index contributed by atoms with van der Waals surface area (Å²) in [7, 11) is 0. The molecule has 23 heavy (non-hydrogen) atoms. The first-order chi connectivity index (χ1) is 10.8. The minimum absolute atomic E-state index is 0.0160. The number of benzene rings is 1. The Bertz CT molecular complexity index is 519. The summed E-state index contributed by atoms with van der Waals surface area (Å²) in [4.78, 5) is 12.0. The third-order valence-corrected chi connectivity index (χ3v) is 4.82. The zero-order valence-electron chi connectivity index (χ0n) is 14.5. The van der Waals surface area contributed by atoms with Crippen LogP contribution in [0.3, 0.4) is 0 Å². The number of rotatable bonds is 5. The van der Waals surface area contributed by atoms with Crippen LogP contribution in [0.25, 0.3) is 0 Å². The molecule has 1 fully saturated rings. The van der Waals surface area contributed by atoms with Crippen LogP contribution in [0.5, 0.6) is 0 Å². The van der Waals surface area contributed by atoms with E-state index in [0.717, 1.165) is 24.8 Å². The highest BCUT2D eigenvalue weighted by Gasteiger charge is 2.26. The van der Waals surface area contributed by atoms with E-state index >= 15 is 0 Å². The fraction of sp³-hybridized carbons (Fsp3) is 0.632. The van der Waals surface area contributed by atoms with Crippen molar-refractivity contribution in [2.45, 2.75) is 64.0 Å². The van der Waals surface area contributed by atoms with Crippen molar-refractivity contribution in [3.63, 3.8) is 0 Å². The van der Waals surface area contributed by atoms with E-state index < -0.39 is 6.10 Å². The number of nitrogens with one attached hydrogen (secondary N) is 1. The lowest BCUT2D eigenvalue weighted by Gasteiger charge is -2.20. The van der Waals surface area contributed by atoms with Crippen molar-refractivity contribution in [3.05, 3.63) is 35.4 Å². The van der Waals surface area contributed by atoms with Crippen LogP contribution in [0.4, 0.5) is 0 Å². The molecule has 1 aliphatic carbocycles. The van der Waals surface area contributed by atoms with Crippen molar-refractivity contribution < 1.29 is 9.90 Å². The highest BCUT2D eigenvalue weighted by Crippen LogP contribution is 2.27. The van der Waals surface area contributed by atoms with Gasteiger partial charge in [0.2, 0.25) is 5.91 Å². The van der Waals surface area contributed by atoms with E-state index in [0.29, 0.717) is 12.3 Å². The van der Waals surface area contributed by atoms with Crippen LogP contribution in [0.1, 0.15) is 63.7 Å². The van der Waals surface area contributed by atoms with E-state index in [1.807, 2.05) is 24.3 Å². The first kappa shape index (κ1) is 18.0. The third kappa shape index (κ3) is 5.05. The van der Waals surface area contributed by atoms with E-state index in [-0.39, 0.29) is 23.9 Å². The summed E-state index contributed by atoms with van der Waals surface area (Å²) < 4.78 is 0. The van der Waals surface area contributed by atoms with Gasteiger partial charge in [0.25, 0.3) is 0 Å². The standard InChI is InChI=1S/C19H30N2O2/c1-19(2,3)15-9-7-13(8-10-15)17(22)12-21-18(23)11-14-5-4-6-16(14)20/h7-10,14,16-17,22H,4-6,11-12,20H2,1-3H3,(H,21,23)/t14-,16+,17?/m0/s1. The van der Waals surface area contributed by atoms with Crippen LogP contribution in [0, 0.1) is 5.92 Å². The first-order valence-electron chi connectivity index (χ1n) is 8.58. The lowest BCUT2D eigenvalue weighted by Crippen LogP contribution is -2.33. The van der Waals surface area contributed by atoms with Gasteiger partial charge in [0, 0.05) is 19.0 Å². The third-order valence-electron chi connectivity index (χ3n) is 4.82. The molecule has 0 spiro atoms. The Morgan fingerprint density at radius 1 is 1.30 bits per heavy atom. The van der Waals surface area contributed by atoms with Gasteiger partial charge in [-0.15, -0.1) is 0 Å². The first-order valence-corrected chi connectivity index (χ1v) is 8.58. The number of hydrogen-bond donors (Lipinski definition) is 3. The molecule has 1 aromatic carbocycles. The highest BCUT2D eigenvalue weighted by molar-refractivity contribution is 5.76. The van der Waals surface area contributed by atoms with E-state index in [1.165, 1.54) is 5.56 Å². The molecule has 3 atom stereocenters. The van der Waals surface area contributed by atoms with Gasteiger partial charge in [-0.3, -0.25) is 4.79 Å². The molecule has 0 heterocycles. The summed E-state index contributed by atoms with van der Waals surface area (Å²) in [6, 6.07) is 8.10. The molecule has 0 saturated heterocycles. The van der Waals surface area contributed by atoms with Gasteiger partial charge in [0.15, 0.2) is 0 Å². The quantitative estimate of drug-likeness (QED) is 0.781. The maximum atomic E-state index is 12.0. The lowest BCUT2D eigenvalue weighted by molar-refractivity contribution is -0.122. The summed E-state index contributed by atoms with van der Waals surface area (Å²) in [5.74, 6) is 0.274. The molecule has 0 aliphatic heterocycles. The molecule has 1 amide bonds. The van der Waals surface area contributed by atoms with Gasteiger partial charge in [-0.25, -0.2) is 0 Å². The predicted molar refractivity (Wildman–Crippen MR) is 93.0 cm³/mol. The molecule has 0 radical (unpaired) electrons. The summed E-state index contributed by atoms with van der Waals surface area (Å²) in [5, 5.41) is 13.1. The molecule has 1 unspecified atom stereocenters. The number of aliphatic hydroxyl groups is 1. The van der Waals surface area contributed by atoms with Gasteiger partial charge in [-0.2, -0.15) is 0 Å². The van der Waals surface area contributed by atoms with Gasteiger partial charge in [0.05, 0.1) is 6.10 Å². The Morgan fingerprint density at radius 3 is 2.48 bits per heavy atom. The summed E-state index contributed by atoms with van der Waals surface area (Å²) >= 11 is 0. The molecule has 4 N–H and O–H groups in total. The molecular weight excluding hydrogens is 288 g/mol. The van der Waals surface area contributed by atoms with Crippen LogP contribution >= 0.6 is 0 Å². The fourth-order valence-electron chi connectivity index (χ4n) is 3.16. The molecule has 2 rings (SSSR count). The Kier molecular flexibility index (Phi) is 5.82. The molecule has 0 aromatic heterocycles. The van der Waals surface area contributed by atoms with Crippen molar-refractivity contribution in [3.8, 4) is 0 Å². The van der Waals surface area contributed by atoms with Crippen molar-refractivity contribution in [2.24, 2.45) is 11.7 Å². The molecule has 0 bridgehead atoms. The van der Waals surface area contributed by atoms with Gasteiger partial charge in [-0.1, -0.05) is 51.5 Å². The molecule has 4 heteroatoms. The molecular formula is C19H30N2O2. The van der Waals surface area contributed by atoms with Crippen molar-refractivity contribution in [2.75, 3.05) is 6.54 Å². The maximum absolute atomic E-state index is 12.0. The molecule has 1 aliphatic rings. The van der Waals surface area contributed by atoms with Gasteiger partial charge < -0.3 is 16.2 Å². The zero-order valence-corrected chi connectivity index (χ0v) is 14.5. The fourth-order valence-corrected chi connectivity index (χ4v) is 3.16. The van der Waals surface area contributed by atoms with E-state index in [4.69, 9.17) is 5.73 Å². The monoisotopic (exact) mass is 318 g/mol. The lowest BCUT2D eigenvalue weighted by atomic mass is 9.86. The minimum atomic E-state index is -0.676. The second kappa shape index (κ2) is 7.45. The highest BCUT2D eigenvalue weighted by atomic mass is 16.3. The Labute approximate surface area is 139 Å². The van der Waals surface area contributed by atoms with Crippen LogP contribution in [0.2, 0.25) is 0 Å². The van der Waals surface area contributed by atoms with E-state index in [2.05, 4.69) is 26.1 Å². The second-order valence-electron chi connectivity index (χ2n) is 7.75. The molecule has 128 valence electrons. The molecule has 4 nitrogen and oxygen atoms in total. The van der Waals surface area contributed by atoms with Gasteiger partial charge in [0.1, 0.15) is 0 Å². The smallest absolute Gasteiger partial charge is 0.220 e. The minimum Gasteiger partial charge on any atom is -0.387 e. The predicted octanol–water partition coefficient (Wildman–Crippen LogP) is 2.65. The van der Waals surface area contributed by atoms with Crippen LogP contribution in [-0.2, 0) is 10.2 Å². The van der Waals surface area contributed by atoms with Crippen LogP contribution in [-0.4, -0.2) is 23.6 Å². The normalized spacial score (nSPS) is 22.8. The van der Waals surface area contributed by atoms with Gasteiger partial charge in [-0.05, 0) is 35.3 Å². The number of carbonyl (C=O) groups is 1. The number of aliphatic hydroxyl groups excluding tert-OH is 1. The van der Waals surface area contributed by atoms with Crippen molar-refractivity contribution in [1.82, 2.24) is 5.32 Å². The SMILES string of the molecule is CC(C)(C)c1ccc(C(O)CNC(=O)C[C@@H]2CCC[C@H]2N)cc1. The molecule has 1 aromatic rings. The van der Waals surface area contributed by atoms with Crippen molar-refractivity contribution in [1.29, 1.82) is 0 Å². The number of hydrogen-bond acceptors (Lipinski definition) is 3. The topological polar surface area (TPSA) is 75.3 Å². The number of carbonyl (C=O) groups excluding carboxylic acids is 1. The average Bonchev–Trinajstić information content (AvgIpc) is 2.89. The molecule has 1 saturated carbocycles. The van der Waals surface area contributed by atoms with Crippen LogP contribution < -0.4 is 11.1 Å². The summed E-state index contributed by atoms with van der Waals surface area (Å²) in [6.45, 7) is 6.72. The van der Waals surface area contributed by atoms with Gasteiger partial charge >= 0.3 is 0 Å². The Balaban J connectivity index is 1.82. The number of amides is 1. The maximum Gasteiger partial charge on any atom is 0.220 e. The zero-order chi connectivity index (χ0) is 17.0. The average molecular weight is 318 g/mol. The second-order valence-corrected chi connectivity index (χ2v) is 7.75.